The van der Waals surface area contributed by atoms with Gasteiger partial charge in [0.15, 0.2) is 0 Å². The Morgan fingerprint density at radius 3 is 1.79 bits per heavy atom. The zero-order chi connectivity index (χ0) is 20.7. The Balaban J connectivity index is 0.000000126. The number of rotatable bonds is 3. The van der Waals surface area contributed by atoms with E-state index < -0.39 is 0 Å². The number of hydrogen-bond acceptors (Lipinski definition) is 1. The lowest BCUT2D eigenvalue weighted by Crippen LogP contribution is -2.44. The standard InChI is InChI=1S/C11H18.C9H18.C8H10O/c1-11-5-8-2-9(6-11)4-10(3-8)7-11;1-2-6-9-7-4-3-5-8-9;1-7-3-5-8(9-2)6-4-7/h8-10H,2-7H2,1H3;9H,2-8H2,1H3;3-6H,1-2H3. The molecule has 0 amide bonds. The van der Waals surface area contributed by atoms with Gasteiger partial charge in [0, 0.05) is 0 Å². The quantitative estimate of drug-likeness (QED) is 0.495. The van der Waals surface area contributed by atoms with E-state index in [4.69, 9.17) is 4.74 Å². The molecule has 6 rings (SSSR count). The zero-order valence-corrected chi connectivity index (χ0v) is 19.7. The minimum absolute atomic E-state index is 0.800. The van der Waals surface area contributed by atoms with Crippen LogP contribution < -0.4 is 4.74 Å². The first-order valence-electron chi connectivity index (χ1n) is 12.6. The monoisotopic (exact) mass is 398 g/mol. The van der Waals surface area contributed by atoms with Gasteiger partial charge in [0.2, 0.25) is 0 Å². The fourth-order valence-corrected chi connectivity index (χ4v) is 7.10. The van der Waals surface area contributed by atoms with E-state index in [1.165, 1.54) is 50.5 Å². The molecule has 164 valence electrons. The zero-order valence-electron chi connectivity index (χ0n) is 19.7. The smallest absolute Gasteiger partial charge is 0.118 e. The fraction of sp³-hybridized carbons (Fsp3) is 0.786. The lowest BCUT2D eigenvalue weighted by Gasteiger charge is -2.55. The van der Waals surface area contributed by atoms with Crippen LogP contribution in [0.25, 0.3) is 0 Å². The molecule has 0 heterocycles. The van der Waals surface area contributed by atoms with E-state index in [0.717, 1.165) is 34.8 Å². The lowest BCUT2D eigenvalue weighted by atomic mass is 9.50. The molecular formula is C28H46O. The van der Waals surface area contributed by atoms with Crippen LogP contribution in [0.15, 0.2) is 24.3 Å². The lowest BCUT2D eigenvalue weighted by molar-refractivity contribution is -0.0411. The van der Waals surface area contributed by atoms with E-state index in [-0.39, 0.29) is 0 Å². The molecule has 5 aliphatic carbocycles. The van der Waals surface area contributed by atoms with Crippen LogP contribution in [0.2, 0.25) is 0 Å². The second-order valence-electron chi connectivity index (χ2n) is 11.0. The molecule has 0 unspecified atom stereocenters. The number of ether oxygens (including phenoxy) is 1. The van der Waals surface area contributed by atoms with Crippen LogP contribution in [-0.2, 0) is 0 Å². The molecule has 1 nitrogen and oxygen atoms in total. The highest BCUT2D eigenvalue weighted by atomic mass is 16.5. The van der Waals surface area contributed by atoms with E-state index in [0.29, 0.717) is 0 Å². The second kappa shape index (κ2) is 10.9. The molecule has 0 aromatic heterocycles. The van der Waals surface area contributed by atoms with Crippen molar-refractivity contribution in [2.24, 2.45) is 29.1 Å². The van der Waals surface area contributed by atoms with Crippen LogP contribution in [-0.4, -0.2) is 7.11 Å². The maximum absolute atomic E-state index is 4.97. The Morgan fingerprint density at radius 2 is 1.38 bits per heavy atom. The van der Waals surface area contributed by atoms with Gasteiger partial charge in [0.1, 0.15) is 5.75 Å². The molecule has 0 saturated heterocycles. The van der Waals surface area contributed by atoms with Gasteiger partial charge >= 0.3 is 0 Å². The van der Waals surface area contributed by atoms with Gasteiger partial charge in [-0.3, -0.25) is 0 Å². The summed E-state index contributed by atoms with van der Waals surface area (Å²) in [7, 11) is 1.67. The molecule has 0 spiro atoms. The molecule has 1 aromatic carbocycles. The Morgan fingerprint density at radius 1 is 0.862 bits per heavy atom. The minimum Gasteiger partial charge on any atom is -0.497 e. The average Bonchev–Trinajstić information content (AvgIpc) is 2.69. The molecule has 5 fully saturated rings. The van der Waals surface area contributed by atoms with Crippen molar-refractivity contribution >= 4 is 0 Å². The predicted octanol–water partition coefficient (Wildman–Crippen LogP) is 8.59. The summed E-state index contributed by atoms with van der Waals surface area (Å²) in [6.07, 6.45) is 19.9. The third-order valence-electron chi connectivity index (χ3n) is 8.02. The molecule has 1 aromatic rings. The number of benzene rings is 1. The summed E-state index contributed by atoms with van der Waals surface area (Å²) in [4.78, 5) is 0. The van der Waals surface area contributed by atoms with Crippen molar-refractivity contribution in [3.05, 3.63) is 29.8 Å². The van der Waals surface area contributed by atoms with Crippen molar-refractivity contribution in [2.45, 2.75) is 104 Å². The van der Waals surface area contributed by atoms with Crippen molar-refractivity contribution in [1.82, 2.24) is 0 Å². The molecular weight excluding hydrogens is 352 g/mol. The van der Waals surface area contributed by atoms with Crippen molar-refractivity contribution in [3.63, 3.8) is 0 Å². The Hall–Kier alpha value is -0.980. The average molecular weight is 399 g/mol. The number of methoxy groups -OCH3 is 1. The van der Waals surface area contributed by atoms with Gasteiger partial charge in [0.05, 0.1) is 7.11 Å². The van der Waals surface area contributed by atoms with Crippen LogP contribution in [0.4, 0.5) is 0 Å². The maximum atomic E-state index is 4.97. The summed E-state index contributed by atoms with van der Waals surface area (Å²) in [5.41, 5.74) is 2.06. The summed E-state index contributed by atoms with van der Waals surface area (Å²) in [6, 6.07) is 7.96. The van der Waals surface area contributed by atoms with Crippen LogP contribution in [0.5, 0.6) is 5.75 Å². The third kappa shape index (κ3) is 7.04. The van der Waals surface area contributed by atoms with Gasteiger partial charge < -0.3 is 4.74 Å². The first kappa shape index (κ1) is 22.7. The number of hydrogen-bond donors (Lipinski definition) is 0. The largest absolute Gasteiger partial charge is 0.497 e. The number of aryl methyl sites for hydroxylation is 1. The van der Waals surface area contributed by atoms with Gasteiger partial charge in [0.25, 0.3) is 0 Å². The highest BCUT2D eigenvalue weighted by Gasteiger charge is 2.48. The van der Waals surface area contributed by atoms with Crippen molar-refractivity contribution in [2.75, 3.05) is 7.11 Å². The van der Waals surface area contributed by atoms with E-state index in [1.54, 1.807) is 45.6 Å². The van der Waals surface area contributed by atoms with Gasteiger partial charge in [-0.15, -0.1) is 0 Å². The minimum atomic E-state index is 0.800. The normalized spacial score (nSPS) is 32.6. The molecule has 5 aliphatic rings. The highest BCUT2D eigenvalue weighted by Crippen LogP contribution is 2.59. The van der Waals surface area contributed by atoms with Gasteiger partial charge in [-0.1, -0.05) is 76.5 Å². The van der Waals surface area contributed by atoms with Gasteiger partial charge in [-0.05, 0) is 86.7 Å². The molecule has 0 atom stereocenters. The van der Waals surface area contributed by atoms with Crippen LogP contribution in [0, 0.1) is 36.0 Å². The fourth-order valence-electron chi connectivity index (χ4n) is 7.10. The molecule has 0 radical (unpaired) electrons. The first-order valence-corrected chi connectivity index (χ1v) is 12.6. The van der Waals surface area contributed by atoms with Crippen LogP contribution in [0.1, 0.15) is 103 Å². The van der Waals surface area contributed by atoms with Crippen LogP contribution in [0.3, 0.4) is 0 Å². The predicted molar refractivity (Wildman–Crippen MR) is 125 cm³/mol. The summed E-state index contributed by atoms with van der Waals surface area (Å²) in [5.74, 6) is 5.45. The Kier molecular flexibility index (Phi) is 8.51. The summed E-state index contributed by atoms with van der Waals surface area (Å²) in [5, 5.41) is 0. The van der Waals surface area contributed by atoms with E-state index in [9.17, 15) is 0 Å². The molecule has 0 N–H and O–H groups in total. The molecule has 0 aliphatic heterocycles. The van der Waals surface area contributed by atoms with E-state index in [2.05, 4.69) is 20.8 Å². The maximum Gasteiger partial charge on any atom is 0.118 e. The first-order chi connectivity index (χ1) is 14.0. The van der Waals surface area contributed by atoms with Crippen LogP contribution >= 0.6 is 0 Å². The Labute approximate surface area is 181 Å². The van der Waals surface area contributed by atoms with Gasteiger partial charge in [-0.25, -0.2) is 0 Å². The second-order valence-corrected chi connectivity index (χ2v) is 11.0. The summed E-state index contributed by atoms with van der Waals surface area (Å²) in [6.45, 7) is 6.89. The molecule has 5 saturated carbocycles. The molecule has 4 bridgehead atoms. The topological polar surface area (TPSA) is 9.23 Å². The molecule has 1 heteroatoms. The van der Waals surface area contributed by atoms with Crippen molar-refractivity contribution in [3.8, 4) is 5.75 Å². The molecule has 29 heavy (non-hydrogen) atoms. The van der Waals surface area contributed by atoms with Gasteiger partial charge in [-0.2, -0.15) is 0 Å². The van der Waals surface area contributed by atoms with Crippen molar-refractivity contribution in [1.29, 1.82) is 0 Å². The summed E-state index contributed by atoms with van der Waals surface area (Å²) < 4.78 is 4.97. The van der Waals surface area contributed by atoms with Crippen molar-refractivity contribution < 1.29 is 4.74 Å². The highest BCUT2D eigenvalue weighted by molar-refractivity contribution is 5.25. The SMILES string of the molecule is CC12CC3CC(CC(C3)C1)C2.CCCC1CCCCC1.COc1ccc(C)cc1. The summed E-state index contributed by atoms with van der Waals surface area (Å²) >= 11 is 0. The van der Waals surface area contributed by atoms with E-state index >= 15 is 0 Å². The Bertz CT molecular complexity index is 543. The van der Waals surface area contributed by atoms with E-state index in [1.807, 2.05) is 24.3 Å². The third-order valence-corrected chi connectivity index (χ3v) is 8.02.